The van der Waals surface area contributed by atoms with Crippen LogP contribution in [-0.4, -0.2) is 23.9 Å². The highest BCUT2D eigenvalue weighted by atomic mass is 19.1. The van der Waals surface area contributed by atoms with Crippen molar-refractivity contribution in [2.24, 2.45) is 0 Å². The molecule has 1 aliphatic rings. The molecular weight excluding hydrogens is 335 g/mol. The molecule has 0 saturated carbocycles. The Hall–Kier alpha value is -3.03. The molecule has 0 aromatic heterocycles. The maximum absolute atomic E-state index is 13.6. The first-order valence-corrected chi connectivity index (χ1v) is 7.42. The third-order valence-electron chi connectivity index (χ3n) is 3.90. The molecule has 1 aliphatic heterocycles. The van der Waals surface area contributed by atoms with E-state index in [0.717, 1.165) is 5.56 Å². The molecule has 8 heteroatoms. The molecule has 2 N–H and O–H groups in total. The molecule has 0 unspecified atom stereocenters. The number of halogens is 3. The fraction of sp³-hybridized carbons (Fsp3) is 0.176. The highest BCUT2D eigenvalue weighted by Crippen LogP contribution is 2.24. The summed E-state index contributed by atoms with van der Waals surface area (Å²) in [6.45, 7) is -0.0158. The minimum Gasteiger partial charge on any atom is -0.348 e. The second-order valence-corrected chi connectivity index (χ2v) is 5.69. The largest absolute Gasteiger partial charge is 0.348 e. The van der Waals surface area contributed by atoms with Crippen LogP contribution in [0.5, 0.6) is 0 Å². The van der Waals surface area contributed by atoms with Crippen molar-refractivity contribution in [2.45, 2.75) is 13.1 Å². The molecule has 0 aliphatic carbocycles. The third-order valence-corrected chi connectivity index (χ3v) is 3.90. The predicted octanol–water partition coefficient (Wildman–Crippen LogP) is 3.01. The molecule has 130 valence electrons. The van der Waals surface area contributed by atoms with Gasteiger partial charge in [-0.15, -0.1) is 0 Å². The lowest BCUT2D eigenvalue weighted by atomic mass is 10.1. The number of carbonyl (C=O) groups is 2. The molecule has 5 nitrogen and oxygen atoms in total. The fourth-order valence-corrected chi connectivity index (χ4v) is 2.52. The Morgan fingerprint density at radius 2 is 1.88 bits per heavy atom. The van der Waals surface area contributed by atoms with Gasteiger partial charge in [-0.25, -0.2) is 18.0 Å². The Kier molecular flexibility index (Phi) is 4.35. The number of amides is 3. The molecule has 2 aromatic rings. The Morgan fingerprint density at radius 1 is 1.20 bits per heavy atom. The molecule has 0 saturated heterocycles. The SMILES string of the molecule is CN1Cc2ccc(C(=O)NCc3c(F)cc(F)cc3F)cc2NC1=O. The number of rotatable bonds is 3. The molecule has 0 bridgehead atoms. The summed E-state index contributed by atoms with van der Waals surface area (Å²) in [5.74, 6) is -3.74. The molecule has 0 fully saturated rings. The van der Waals surface area contributed by atoms with Gasteiger partial charge in [0.05, 0.1) is 0 Å². The number of urea groups is 1. The smallest absolute Gasteiger partial charge is 0.321 e. The van der Waals surface area contributed by atoms with Crippen molar-refractivity contribution in [1.82, 2.24) is 10.2 Å². The number of anilines is 1. The first kappa shape index (κ1) is 16.8. The summed E-state index contributed by atoms with van der Waals surface area (Å²) in [6, 6.07) is 5.55. The van der Waals surface area contributed by atoms with E-state index in [9.17, 15) is 22.8 Å². The average Bonchev–Trinajstić information content (AvgIpc) is 2.54. The first-order valence-electron chi connectivity index (χ1n) is 7.42. The minimum absolute atomic E-state index is 0.228. The molecule has 0 spiro atoms. The van der Waals surface area contributed by atoms with Crippen LogP contribution in [0.15, 0.2) is 30.3 Å². The van der Waals surface area contributed by atoms with Gasteiger partial charge in [-0.1, -0.05) is 6.07 Å². The maximum Gasteiger partial charge on any atom is 0.321 e. The van der Waals surface area contributed by atoms with Crippen LogP contribution < -0.4 is 10.6 Å². The summed E-state index contributed by atoms with van der Waals surface area (Å²) < 4.78 is 40.1. The van der Waals surface area contributed by atoms with Crippen molar-refractivity contribution in [2.75, 3.05) is 12.4 Å². The van der Waals surface area contributed by atoms with Crippen molar-refractivity contribution < 1.29 is 22.8 Å². The molecule has 25 heavy (non-hydrogen) atoms. The Labute approximate surface area is 141 Å². The summed E-state index contributed by atoms with van der Waals surface area (Å²) in [6.07, 6.45) is 0. The van der Waals surface area contributed by atoms with E-state index >= 15 is 0 Å². The molecule has 3 amide bonds. The predicted molar refractivity (Wildman–Crippen MR) is 84.4 cm³/mol. The van der Waals surface area contributed by atoms with E-state index in [2.05, 4.69) is 10.6 Å². The number of carbonyl (C=O) groups excluding carboxylic acids is 2. The standard InChI is InChI=1S/C17H14F3N3O2/c1-23-8-10-3-2-9(4-15(10)22-17(23)25)16(24)21-7-12-13(19)5-11(18)6-14(12)20/h2-6H,7-8H2,1H3,(H,21,24)(H,22,25). The molecule has 3 rings (SSSR count). The van der Waals surface area contributed by atoms with Crippen LogP contribution in [0.25, 0.3) is 0 Å². The van der Waals surface area contributed by atoms with Gasteiger partial charge in [0.25, 0.3) is 5.91 Å². The monoisotopic (exact) mass is 349 g/mol. The zero-order chi connectivity index (χ0) is 18.1. The number of nitrogens with one attached hydrogen (secondary N) is 2. The van der Waals surface area contributed by atoms with Gasteiger partial charge in [0.15, 0.2) is 0 Å². The number of benzene rings is 2. The summed E-state index contributed by atoms with van der Waals surface area (Å²) in [7, 11) is 1.64. The lowest BCUT2D eigenvalue weighted by Gasteiger charge is -2.26. The average molecular weight is 349 g/mol. The fourth-order valence-electron chi connectivity index (χ4n) is 2.52. The van der Waals surface area contributed by atoms with E-state index in [-0.39, 0.29) is 11.6 Å². The normalized spacial score (nSPS) is 13.3. The molecular formula is C17H14F3N3O2. The van der Waals surface area contributed by atoms with Gasteiger partial charge in [0.2, 0.25) is 0 Å². The number of fused-ring (bicyclic) bond motifs is 1. The highest BCUT2D eigenvalue weighted by Gasteiger charge is 2.20. The zero-order valence-corrected chi connectivity index (χ0v) is 13.2. The van der Waals surface area contributed by atoms with Crippen LogP contribution in [0.1, 0.15) is 21.5 Å². The summed E-state index contributed by atoms with van der Waals surface area (Å²) in [5.41, 5.74) is 1.15. The highest BCUT2D eigenvalue weighted by molar-refractivity contribution is 5.98. The topological polar surface area (TPSA) is 61.4 Å². The summed E-state index contributed by atoms with van der Waals surface area (Å²) in [4.78, 5) is 25.3. The summed E-state index contributed by atoms with van der Waals surface area (Å²) >= 11 is 0. The van der Waals surface area contributed by atoms with E-state index in [1.807, 2.05) is 0 Å². The van der Waals surface area contributed by atoms with Gasteiger partial charge >= 0.3 is 6.03 Å². The van der Waals surface area contributed by atoms with Crippen molar-refractivity contribution in [1.29, 1.82) is 0 Å². The van der Waals surface area contributed by atoms with Gasteiger partial charge in [-0.3, -0.25) is 4.79 Å². The van der Waals surface area contributed by atoms with Gasteiger partial charge in [0, 0.05) is 49.1 Å². The van der Waals surface area contributed by atoms with Gasteiger partial charge in [0.1, 0.15) is 17.5 Å². The van der Waals surface area contributed by atoms with Gasteiger partial charge in [-0.05, 0) is 17.7 Å². The van der Waals surface area contributed by atoms with E-state index < -0.39 is 35.5 Å². The Bertz CT molecular complexity index is 847. The second-order valence-electron chi connectivity index (χ2n) is 5.69. The van der Waals surface area contributed by atoms with E-state index in [0.29, 0.717) is 24.4 Å². The number of hydrogen-bond donors (Lipinski definition) is 2. The quantitative estimate of drug-likeness (QED) is 0.895. The van der Waals surface area contributed by atoms with Crippen LogP contribution in [0.3, 0.4) is 0 Å². The van der Waals surface area contributed by atoms with Crippen LogP contribution >= 0.6 is 0 Å². The number of nitrogens with zero attached hydrogens (tertiary/aromatic N) is 1. The van der Waals surface area contributed by atoms with E-state index in [1.54, 1.807) is 19.2 Å². The van der Waals surface area contributed by atoms with Gasteiger partial charge < -0.3 is 15.5 Å². The lowest BCUT2D eigenvalue weighted by Crippen LogP contribution is -2.35. The zero-order valence-electron chi connectivity index (χ0n) is 13.2. The Balaban J connectivity index is 1.75. The molecule has 0 atom stereocenters. The van der Waals surface area contributed by atoms with E-state index in [1.165, 1.54) is 11.0 Å². The maximum atomic E-state index is 13.6. The van der Waals surface area contributed by atoms with Crippen molar-refractivity contribution in [3.05, 3.63) is 64.5 Å². The first-order chi connectivity index (χ1) is 11.8. The van der Waals surface area contributed by atoms with Crippen molar-refractivity contribution in [3.8, 4) is 0 Å². The number of hydrogen-bond acceptors (Lipinski definition) is 2. The van der Waals surface area contributed by atoms with Crippen LogP contribution in [0, 0.1) is 17.5 Å². The van der Waals surface area contributed by atoms with E-state index in [4.69, 9.17) is 0 Å². The van der Waals surface area contributed by atoms with Gasteiger partial charge in [-0.2, -0.15) is 0 Å². The minimum atomic E-state index is -1.07. The summed E-state index contributed by atoms with van der Waals surface area (Å²) in [5, 5.41) is 5.03. The van der Waals surface area contributed by atoms with Crippen LogP contribution in [0.4, 0.5) is 23.7 Å². The third kappa shape index (κ3) is 3.42. The Morgan fingerprint density at radius 3 is 2.56 bits per heavy atom. The molecule has 2 aromatic carbocycles. The van der Waals surface area contributed by atoms with Crippen molar-refractivity contribution in [3.63, 3.8) is 0 Å². The van der Waals surface area contributed by atoms with Crippen LogP contribution in [0.2, 0.25) is 0 Å². The second kappa shape index (κ2) is 6.46. The lowest BCUT2D eigenvalue weighted by molar-refractivity contribution is 0.0950. The molecule has 1 heterocycles. The van der Waals surface area contributed by atoms with Crippen molar-refractivity contribution >= 4 is 17.6 Å². The van der Waals surface area contributed by atoms with Crippen LogP contribution in [-0.2, 0) is 13.1 Å². The molecule has 0 radical (unpaired) electrons.